The van der Waals surface area contributed by atoms with Crippen molar-refractivity contribution in [2.45, 2.75) is 12.5 Å². The minimum Gasteiger partial charge on any atom is -0.486 e. The van der Waals surface area contributed by atoms with Crippen molar-refractivity contribution in [1.82, 2.24) is 5.32 Å². The third kappa shape index (κ3) is 1.80. The van der Waals surface area contributed by atoms with Crippen molar-refractivity contribution < 1.29 is 14.2 Å². The lowest BCUT2D eigenvalue weighted by molar-refractivity contribution is 0.152. The Hall–Kier alpha value is -1.42. The molecule has 2 aliphatic heterocycles. The Morgan fingerprint density at radius 2 is 2.19 bits per heavy atom. The first kappa shape index (κ1) is 9.78. The predicted molar refractivity (Wildman–Crippen MR) is 59.3 cm³/mol. The molecule has 3 rings (SSSR count). The Kier molecular flexibility index (Phi) is 2.58. The third-order valence-corrected chi connectivity index (χ3v) is 2.84. The van der Waals surface area contributed by atoms with E-state index in [9.17, 15) is 0 Å². The SMILES string of the molecule is c1cc2c(c(OC3CCNC3)c1)OCCO2. The van der Waals surface area contributed by atoms with E-state index in [-0.39, 0.29) is 6.10 Å². The molecule has 2 heterocycles. The van der Waals surface area contributed by atoms with Crippen LogP contribution in [0.4, 0.5) is 0 Å². The molecule has 1 atom stereocenters. The van der Waals surface area contributed by atoms with Crippen molar-refractivity contribution in [3.8, 4) is 17.2 Å². The molecule has 0 spiro atoms. The highest BCUT2D eigenvalue weighted by molar-refractivity contribution is 5.51. The fourth-order valence-corrected chi connectivity index (χ4v) is 2.05. The number of benzene rings is 1. The van der Waals surface area contributed by atoms with Gasteiger partial charge in [-0.05, 0) is 25.1 Å². The van der Waals surface area contributed by atoms with Crippen molar-refractivity contribution in [2.75, 3.05) is 26.3 Å². The van der Waals surface area contributed by atoms with Crippen molar-refractivity contribution in [2.24, 2.45) is 0 Å². The monoisotopic (exact) mass is 221 g/mol. The zero-order valence-electron chi connectivity index (χ0n) is 9.07. The van der Waals surface area contributed by atoms with Crippen LogP contribution in [0.2, 0.25) is 0 Å². The predicted octanol–water partition coefficient (Wildman–Crippen LogP) is 1.20. The second-order valence-corrected chi connectivity index (χ2v) is 4.01. The summed E-state index contributed by atoms with van der Waals surface area (Å²) in [6.45, 7) is 3.14. The average Bonchev–Trinajstić information content (AvgIpc) is 2.82. The zero-order chi connectivity index (χ0) is 10.8. The van der Waals surface area contributed by atoms with E-state index >= 15 is 0 Å². The normalized spacial score (nSPS) is 23.1. The van der Waals surface area contributed by atoms with Crippen LogP contribution in [0, 0.1) is 0 Å². The minimum absolute atomic E-state index is 0.247. The molecule has 0 amide bonds. The molecule has 0 aromatic heterocycles. The number of rotatable bonds is 2. The molecule has 0 aliphatic carbocycles. The highest BCUT2D eigenvalue weighted by atomic mass is 16.6. The van der Waals surface area contributed by atoms with Crippen LogP contribution in [0.5, 0.6) is 17.2 Å². The number of nitrogens with one attached hydrogen (secondary N) is 1. The van der Waals surface area contributed by atoms with Crippen molar-refractivity contribution >= 4 is 0 Å². The van der Waals surface area contributed by atoms with E-state index in [1.807, 2.05) is 18.2 Å². The molecule has 1 saturated heterocycles. The lowest BCUT2D eigenvalue weighted by Gasteiger charge is -2.22. The first-order valence-electron chi connectivity index (χ1n) is 5.69. The number of hydrogen-bond acceptors (Lipinski definition) is 4. The average molecular weight is 221 g/mol. The van der Waals surface area contributed by atoms with Gasteiger partial charge in [0.15, 0.2) is 11.5 Å². The van der Waals surface area contributed by atoms with Gasteiger partial charge in [0.05, 0.1) is 0 Å². The molecular weight excluding hydrogens is 206 g/mol. The molecular formula is C12H15NO3. The Bertz CT molecular complexity index is 375. The summed E-state index contributed by atoms with van der Waals surface area (Å²) < 4.78 is 17.0. The molecule has 0 saturated carbocycles. The summed E-state index contributed by atoms with van der Waals surface area (Å²) in [5, 5.41) is 3.28. The lowest BCUT2D eigenvalue weighted by atomic mass is 10.2. The van der Waals surface area contributed by atoms with Crippen molar-refractivity contribution in [1.29, 1.82) is 0 Å². The Labute approximate surface area is 94.5 Å². The first-order valence-corrected chi connectivity index (χ1v) is 5.69. The summed E-state index contributed by atoms with van der Waals surface area (Å²) in [4.78, 5) is 0. The van der Waals surface area contributed by atoms with E-state index in [2.05, 4.69) is 5.32 Å². The summed E-state index contributed by atoms with van der Waals surface area (Å²) in [6.07, 6.45) is 1.29. The Morgan fingerprint density at radius 1 is 1.25 bits per heavy atom. The van der Waals surface area contributed by atoms with Gasteiger partial charge < -0.3 is 19.5 Å². The maximum absolute atomic E-state index is 5.91. The van der Waals surface area contributed by atoms with Crippen LogP contribution in [0.3, 0.4) is 0 Å². The van der Waals surface area contributed by atoms with Crippen molar-refractivity contribution in [3.63, 3.8) is 0 Å². The Balaban J connectivity index is 1.82. The summed E-state index contributed by atoms with van der Waals surface area (Å²) in [6, 6.07) is 5.78. The van der Waals surface area contributed by atoms with Crippen LogP contribution in [0.25, 0.3) is 0 Å². The maximum Gasteiger partial charge on any atom is 0.203 e. The fraction of sp³-hybridized carbons (Fsp3) is 0.500. The molecule has 0 bridgehead atoms. The summed E-state index contributed by atoms with van der Waals surface area (Å²) >= 11 is 0. The smallest absolute Gasteiger partial charge is 0.203 e. The van der Waals surface area contributed by atoms with Gasteiger partial charge >= 0.3 is 0 Å². The molecule has 16 heavy (non-hydrogen) atoms. The van der Waals surface area contributed by atoms with Crippen molar-refractivity contribution in [3.05, 3.63) is 18.2 Å². The van der Waals surface area contributed by atoms with Gasteiger partial charge in [-0.3, -0.25) is 0 Å². The van der Waals surface area contributed by atoms with E-state index in [0.717, 1.165) is 36.8 Å². The standard InChI is InChI=1S/C12H15NO3/c1-2-10-12(15-7-6-14-10)11(3-1)16-9-4-5-13-8-9/h1-3,9,13H,4-8H2. The molecule has 0 radical (unpaired) electrons. The minimum atomic E-state index is 0.247. The van der Waals surface area contributed by atoms with E-state index < -0.39 is 0 Å². The van der Waals surface area contributed by atoms with Crippen LogP contribution < -0.4 is 19.5 Å². The number of hydrogen-bond donors (Lipinski definition) is 1. The van der Waals surface area contributed by atoms with E-state index in [4.69, 9.17) is 14.2 Å². The van der Waals surface area contributed by atoms with Gasteiger partial charge in [0, 0.05) is 6.54 Å². The molecule has 1 fully saturated rings. The molecule has 4 heteroatoms. The molecule has 1 aromatic rings. The van der Waals surface area contributed by atoms with E-state index in [1.54, 1.807) is 0 Å². The quantitative estimate of drug-likeness (QED) is 0.814. The van der Waals surface area contributed by atoms with Crippen LogP contribution >= 0.6 is 0 Å². The lowest BCUT2D eigenvalue weighted by Crippen LogP contribution is -2.21. The summed E-state index contributed by atoms with van der Waals surface area (Å²) in [5.41, 5.74) is 0. The number of fused-ring (bicyclic) bond motifs is 1. The Morgan fingerprint density at radius 3 is 3.06 bits per heavy atom. The molecule has 4 nitrogen and oxygen atoms in total. The van der Waals surface area contributed by atoms with Gasteiger partial charge in [-0.25, -0.2) is 0 Å². The van der Waals surface area contributed by atoms with Crippen LogP contribution in [-0.2, 0) is 0 Å². The first-order chi connectivity index (χ1) is 7.93. The van der Waals surface area contributed by atoms with Gasteiger partial charge in [-0.15, -0.1) is 0 Å². The van der Waals surface area contributed by atoms with Crippen LogP contribution in [-0.4, -0.2) is 32.4 Å². The zero-order valence-corrected chi connectivity index (χ0v) is 9.07. The van der Waals surface area contributed by atoms with Crippen LogP contribution in [0.1, 0.15) is 6.42 Å². The second kappa shape index (κ2) is 4.22. The van der Waals surface area contributed by atoms with Gasteiger partial charge in [0.2, 0.25) is 5.75 Å². The maximum atomic E-state index is 5.91. The van der Waals surface area contributed by atoms with Gasteiger partial charge in [-0.1, -0.05) is 6.07 Å². The highest BCUT2D eigenvalue weighted by Gasteiger charge is 2.21. The third-order valence-electron chi connectivity index (χ3n) is 2.84. The molecule has 86 valence electrons. The van der Waals surface area contributed by atoms with Gasteiger partial charge in [0.1, 0.15) is 19.3 Å². The van der Waals surface area contributed by atoms with Crippen LogP contribution in [0.15, 0.2) is 18.2 Å². The second-order valence-electron chi connectivity index (χ2n) is 4.01. The topological polar surface area (TPSA) is 39.7 Å². The molecule has 1 unspecified atom stereocenters. The van der Waals surface area contributed by atoms with E-state index in [0.29, 0.717) is 13.2 Å². The fourth-order valence-electron chi connectivity index (χ4n) is 2.05. The molecule has 2 aliphatic rings. The molecule has 1 N–H and O–H groups in total. The van der Waals surface area contributed by atoms with Gasteiger partial charge in [-0.2, -0.15) is 0 Å². The van der Waals surface area contributed by atoms with Gasteiger partial charge in [0.25, 0.3) is 0 Å². The largest absolute Gasteiger partial charge is 0.486 e. The highest BCUT2D eigenvalue weighted by Crippen LogP contribution is 2.39. The molecule has 1 aromatic carbocycles. The number of ether oxygens (including phenoxy) is 3. The summed E-state index contributed by atoms with van der Waals surface area (Å²) in [7, 11) is 0. The number of para-hydroxylation sites is 1. The van der Waals surface area contributed by atoms with E-state index in [1.165, 1.54) is 0 Å². The summed E-state index contributed by atoms with van der Waals surface area (Å²) in [5.74, 6) is 2.33.